The lowest BCUT2D eigenvalue weighted by Gasteiger charge is -2.31. The fraction of sp³-hybridized carbons (Fsp3) is 0.923. The summed E-state index contributed by atoms with van der Waals surface area (Å²) in [5.41, 5.74) is 0. The molecule has 0 radical (unpaired) electrons. The Kier molecular flexibility index (Phi) is 4.84. The van der Waals surface area contributed by atoms with E-state index in [1.54, 1.807) is 0 Å². The Bertz CT molecular complexity index is 410. The zero-order chi connectivity index (χ0) is 13.9. The summed E-state index contributed by atoms with van der Waals surface area (Å²) in [6, 6.07) is 0.0312. The summed E-state index contributed by atoms with van der Waals surface area (Å²) >= 11 is 0. The minimum atomic E-state index is -3.30. The van der Waals surface area contributed by atoms with Gasteiger partial charge in [0.2, 0.25) is 15.9 Å². The fourth-order valence-electron chi connectivity index (χ4n) is 3.09. The summed E-state index contributed by atoms with van der Waals surface area (Å²) in [6.45, 7) is 1.59. The van der Waals surface area contributed by atoms with E-state index in [0.29, 0.717) is 0 Å². The Balaban J connectivity index is 2.01. The van der Waals surface area contributed by atoms with Crippen LogP contribution in [0.1, 0.15) is 44.9 Å². The Morgan fingerprint density at radius 1 is 1.11 bits per heavy atom. The van der Waals surface area contributed by atoms with Crippen LogP contribution in [-0.2, 0) is 14.8 Å². The molecule has 0 unspecified atom stereocenters. The maximum atomic E-state index is 12.2. The topological polar surface area (TPSA) is 57.7 Å². The van der Waals surface area contributed by atoms with Crippen LogP contribution in [0.5, 0.6) is 0 Å². The van der Waals surface area contributed by atoms with Gasteiger partial charge in [-0.3, -0.25) is 4.79 Å². The highest BCUT2D eigenvalue weighted by Gasteiger charge is 2.32. The van der Waals surface area contributed by atoms with E-state index in [0.717, 1.165) is 51.6 Å². The van der Waals surface area contributed by atoms with Gasteiger partial charge in [0.1, 0.15) is 0 Å². The molecule has 1 aliphatic carbocycles. The van der Waals surface area contributed by atoms with Crippen LogP contribution in [0.15, 0.2) is 0 Å². The number of carbonyl (C=O) groups is 1. The first kappa shape index (κ1) is 14.8. The van der Waals surface area contributed by atoms with Crippen LogP contribution in [-0.4, -0.2) is 55.5 Å². The van der Waals surface area contributed by atoms with Gasteiger partial charge < -0.3 is 4.90 Å². The highest BCUT2D eigenvalue weighted by molar-refractivity contribution is 7.88. The largest absolute Gasteiger partial charge is 0.342 e. The van der Waals surface area contributed by atoms with E-state index in [1.807, 2.05) is 4.90 Å². The summed E-state index contributed by atoms with van der Waals surface area (Å²) in [4.78, 5) is 14.0. The molecule has 0 N–H and O–H groups in total. The zero-order valence-corrected chi connectivity index (χ0v) is 12.5. The van der Waals surface area contributed by atoms with Crippen molar-refractivity contribution in [2.24, 2.45) is 0 Å². The van der Waals surface area contributed by atoms with Crippen LogP contribution in [0.2, 0.25) is 0 Å². The molecule has 0 aromatic rings. The van der Waals surface area contributed by atoms with Crippen molar-refractivity contribution in [1.82, 2.24) is 9.21 Å². The summed E-state index contributed by atoms with van der Waals surface area (Å²) in [5, 5.41) is 0. The molecule has 2 aliphatic rings. The molecule has 0 spiro atoms. The summed E-state index contributed by atoms with van der Waals surface area (Å²) in [5.74, 6) is -0.0305. The van der Waals surface area contributed by atoms with Crippen LogP contribution >= 0.6 is 0 Å². The van der Waals surface area contributed by atoms with Crippen molar-refractivity contribution in [2.75, 3.05) is 25.9 Å². The number of piperidine rings is 1. The molecule has 0 bridgehead atoms. The minimum absolute atomic E-state index is 0.0305. The Morgan fingerprint density at radius 3 is 2.21 bits per heavy atom. The van der Waals surface area contributed by atoms with Crippen LogP contribution in [0.25, 0.3) is 0 Å². The molecule has 0 atom stereocenters. The van der Waals surface area contributed by atoms with Crippen molar-refractivity contribution in [2.45, 2.75) is 51.0 Å². The first-order valence-corrected chi connectivity index (χ1v) is 9.08. The first-order chi connectivity index (χ1) is 8.98. The zero-order valence-electron chi connectivity index (χ0n) is 11.7. The van der Waals surface area contributed by atoms with Gasteiger partial charge >= 0.3 is 0 Å². The van der Waals surface area contributed by atoms with Crippen LogP contribution < -0.4 is 0 Å². The smallest absolute Gasteiger partial charge is 0.237 e. The lowest BCUT2D eigenvalue weighted by molar-refractivity contribution is -0.132. The molecule has 1 aliphatic heterocycles. The molecule has 1 saturated carbocycles. The van der Waals surface area contributed by atoms with Crippen molar-refractivity contribution < 1.29 is 13.2 Å². The van der Waals surface area contributed by atoms with Gasteiger partial charge in [-0.2, -0.15) is 4.31 Å². The van der Waals surface area contributed by atoms with Gasteiger partial charge in [0, 0.05) is 19.1 Å². The Morgan fingerprint density at radius 2 is 1.68 bits per heavy atom. The monoisotopic (exact) mass is 288 g/mol. The summed E-state index contributed by atoms with van der Waals surface area (Å²) < 4.78 is 25.2. The average molecular weight is 288 g/mol. The van der Waals surface area contributed by atoms with E-state index in [-0.39, 0.29) is 18.5 Å². The van der Waals surface area contributed by atoms with E-state index < -0.39 is 10.0 Å². The highest BCUT2D eigenvalue weighted by Crippen LogP contribution is 2.25. The number of amides is 1. The van der Waals surface area contributed by atoms with Gasteiger partial charge in [0.05, 0.1) is 12.8 Å². The molecule has 0 aromatic carbocycles. The third kappa shape index (κ3) is 3.92. The highest BCUT2D eigenvalue weighted by atomic mass is 32.2. The molecular weight excluding hydrogens is 264 g/mol. The third-order valence-electron chi connectivity index (χ3n) is 4.16. The van der Waals surface area contributed by atoms with Gasteiger partial charge in [-0.25, -0.2) is 8.42 Å². The van der Waals surface area contributed by atoms with Crippen molar-refractivity contribution in [1.29, 1.82) is 0 Å². The lowest BCUT2D eigenvalue weighted by atomic mass is 10.1. The van der Waals surface area contributed by atoms with Crippen molar-refractivity contribution in [3.05, 3.63) is 0 Å². The van der Waals surface area contributed by atoms with E-state index in [1.165, 1.54) is 17.0 Å². The number of sulfonamides is 1. The van der Waals surface area contributed by atoms with Crippen molar-refractivity contribution in [3.63, 3.8) is 0 Å². The molecule has 2 rings (SSSR count). The lowest BCUT2D eigenvalue weighted by Crippen LogP contribution is -2.47. The second kappa shape index (κ2) is 6.22. The predicted molar refractivity (Wildman–Crippen MR) is 74.2 cm³/mol. The molecule has 19 heavy (non-hydrogen) atoms. The Labute approximate surface area is 116 Å². The normalized spacial score (nSPS) is 22.1. The molecule has 1 saturated heterocycles. The first-order valence-electron chi connectivity index (χ1n) is 7.23. The molecule has 6 heteroatoms. The van der Waals surface area contributed by atoms with E-state index in [4.69, 9.17) is 0 Å². The standard InChI is InChI=1S/C13H24N2O3S/c1-19(17,18)15(12-7-3-4-8-12)11-13(16)14-9-5-2-6-10-14/h12H,2-11H2,1H3. The molecule has 0 aromatic heterocycles. The maximum Gasteiger partial charge on any atom is 0.237 e. The summed E-state index contributed by atoms with van der Waals surface area (Å²) in [6.07, 6.45) is 8.36. The van der Waals surface area contributed by atoms with Gasteiger partial charge in [-0.05, 0) is 32.1 Å². The SMILES string of the molecule is CS(=O)(=O)N(CC(=O)N1CCCCC1)C1CCCC1. The number of carbonyl (C=O) groups excluding carboxylic acids is 1. The van der Waals surface area contributed by atoms with E-state index >= 15 is 0 Å². The van der Waals surface area contributed by atoms with Gasteiger partial charge in [-0.1, -0.05) is 12.8 Å². The number of likely N-dealkylation sites (tertiary alicyclic amines) is 1. The predicted octanol–water partition coefficient (Wildman–Crippen LogP) is 1.20. The fourth-order valence-corrected chi connectivity index (χ4v) is 4.18. The Hall–Kier alpha value is -0.620. The molecule has 110 valence electrons. The minimum Gasteiger partial charge on any atom is -0.342 e. The second-order valence-corrected chi connectivity index (χ2v) is 7.62. The van der Waals surface area contributed by atoms with Gasteiger partial charge in [-0.15, -0.1) is 0 Å². The number of nitrogens with zero attached hydrogens (tertiary/aromatic N) is 2. The summed E-state index contributed by atoms with van der Waals surface area (Å²) in [7, 11) is -3.30. The molecule has 1 heterocycles. The van der Waals surface area contributed by atoms with Gasteiger partial charge in [0.25, 0.3) is 0 Å². The van der Waals surface area contributed by atoms with Gasteiger partial charge in [0.15, 0.2) is 0 Å². The maximum absolute atomic E-state index is 12.2. The van der Waals surface area contributed by atoms with Crippen molar-refractivity contribution >= 4 is 15.9 Å². The quantitative estimate of drug-likeness (QED) is 0.781. The van der Waals surface area contributed by atoms with Crippen molar-refractivity contribution in [3.8, 4) is 0 Å². The number of hydrogen-bond donors (Lipinski definition) is 0. The second-order valence-electron chi connectivity index (χ2n) is 5.69. The number of rotatable bonds is 4. The molecule has 1 amide bonds. The van der Waals surface area contributed by atoms with Crippen LogP contribution in [0.4, 0.5) is 0 Å². The van der Waals surface area contributed by atoms with E-state index in [9.17, 15) is 13.2 Å². The van der Waals surface area contributed by atoms with Crippen LogP contribution in [0, 0.1) is 0 Å². The van der Waals surface area contributed by atoms with E-state index in [2.05, 4.69) is 0 Å². The molecule has 2 fully saturated rings. The third-order valence-corrected chi connectivity index (χ3v) is 5.44. The molecule has 5 nitrogen and oxygen atoms in total. The molecular formula is C13H24N2O3S. The number of hydrogen-bond acceptors (Lipinski definition) is 3. The average Bonchev–Trinajstić information content (AvgIpc) is 2.88. The van der Waals surface area contributed by atoms with Crippen LogP contribution in [0.3, 0.4) is 0 Å².